The summed E-state index contributed by atoms with van der Waals surface area (Å²) in [5.74, 6) is 0.690. The molecule has 2 rings (SSSR count). The molecule has 0 aromatic carbocycles. The van der Waals surface area contributed by atoms with Crippen LogP contribution in [0.4, 0.5) is 0 Å². The number of hydrogen-bond donors (Lipinski definition) is 1. The zero-order chi connectivity index (χ0) is 9.80. The van der Waals surface area contributed by atoms with Gasteiger partial charge in [0.25, 0.3) is 0 Å². The van der Waals surface area contributed by atoms with Crippen LogP contribution in [-0.4, -0.2) is 15.0 Å². The summed E-state index contributed by atoms with van der Waals surface area (Å²) in [7, 11) is 1.32. The zero-order valence-corrected chi connectivity index (χ0v) is 8.87. The molecule has 0 bridgehead atoms. The van der Waals surface area contributed by atoms with E-state index in [0.717, 1.165) is 10.6 Å². The minimum absolute atomic E-state index is 0.690. The average Bonchev–Trinajstić information content (AvgIpc) is 2.30. The Morgan fingerprint density at radius 3 is 2.43 bits per heavy atom. The van der Waals surface area contributed by atoms with Crippen LogP contribution in [0.5, 0.6) is 0 Å². The fourth-order valence-electron chi connectivity index (χ4n) is 1.01. The molecule has 5 heteroatoms. The molecule has 0 saturated heterocycles. The van der Waals surface area contributed by atoms with Crippen molar-refractivity contribution >= 4 is 22.5 Å². The molecule has 0 fully saturated rings. The fourth-order valence-corrected chi connectivity index (χ4v) is 1.57. The number of hydrogen-bond acceptors (Lipinski definition) is 5. The van der Waals surface area contributed by atoms with Gasteiger partial charge in [-0.15, -0.1) is 11.7 Å². The van der Waals surface area contributed by atoms with Gasteiger partial charge in [0.2, 0.25) is 0 Å². The first-order chi connectivity index (χ1) is 6.90. The Hall–Kier alpha value is -1.07. The van der Waals surface area contributed by atoms with Gasteiger partial charge in [-0.3, -0.25) is 0 Å². The number of thiol groups is 1. The summed E-state index contributed by atoms with van der Waals surface area (Å²) in [5, 5.41) is 0.869. The maximum absolute atomic E-state index is 4.18. The Morgan fingerprint density at radius 1 is 1.07 bits per heavy atom. The molecule has 0 amide bonds. The standard InChI is InChI=1S/C9H7N3S2/c13-14-8-3-2-7(6-12-8)9-10-4-1-5-11-9/h1-6,13H. The highest BCUT2D eigenvalue weighted by Crippen LogP contribution is 2.20. The molecule has 70 valence electrons. The molecule has 0 spiro atoms. The van der Waals surface area contributed by atoms with E-state index < -0.39 is 0 Å². The molecule has 0 aliphatic rings. The van der Waals surface area contributed by atoms with Gasteiger partial charge in [0.15, 0.2) is 5.82 Å². The molecule has 0 aliphatic carbocycles. The zero-order valence-electron chi connectivity index (χ0n) is 7.16. The van der Waals surface area contributed by atoms with Gasteiger partial charge in [-0.25, -0.2) is 15.0 Å². The van der Waals surface area contributed by atoms with Crippen LogP contribution in [0.2, 0.25) is 0 Å². The summed E-state index contributed by atoms with van der Waals surface area (Å²) in [6.45, 7) is 0. The SMILES string of the molecule is SSc1ccc(-c2ncccn2)cn1. The van der Waals surface area contributed by atoms with Crippen molar-refractivity contribution in [2.24, 2.45) is 0 Å². The van der Waals surface area contributed by atoms with Crippen LogP contribution in [-0.2, 0) is 0 Å². The normalized spacial score (nSPS) is 10.1. The summed E-state index contributed by atoms with van der Waals surface area (Å²) in [6.07, 6.45) is 5.17. The second kappa shape index (κ2) is 4.43. The predicted octanol–water partition coefficient (Wildman–Crippen LogP) is 2.48. The summed E-state index contributed by atoms with van der Waals surface area (Å²) >= 11 is 4.05. The van der Waals surface area contributed by atoms with Crippen molar-refractivity contribution < 1.29 is 0 Å². The quantitative estimate of drug-likeness (QED) is 0.624. The minimum atomic E-state index is 0.690. The summed E-state index contributed by atoms with van der Waals surface area (Å²) < 4.78 is 0. The molecular weight excluding hydrogens is 214 g/mol. The molecule has 0 atom stereocenters. The van der Waals surface area contributed by atoms with Crippen LogP contribution in [0.25, 0.3) is 11.4 Å². The third kappa shape index (κ3) is 2.05. The Labute approximate surface area is 90.8 Å². The minimum Gasteiger partial charge on any atom is -0.248 e. The van der Waals surface area contributed by atoms with E-state index >= 15 is 0 Å². The van der Waals surface area contributed by atoms with E-state index in [0.29, 0.717) is 5.82 Å². The maximum Gasteiger partial charge on any atom is 0.160 e. The summed E-state index contributed by atoms with van der Waals surface area (Å²) in [6, 6.07) is 5.61. The molecule has 14 heavy (non-hydrogen) atoms. The van der Waals surface area contributed by atoms with Gasteiger partial charge in [0.05, 0.1) is 0 Å². The molecular formula is C9H7N3S2. The summed E-state index contributed by atoms with van der Waals surface area (Å²) in [5.41, 5.74) is 0.914. The molecule has 0 aliphatic heterocycles. The molecule has 0 unspecified atom stereocenters. The van der Waals surface area contributed by atoms with Crippen molar-refractivity contribution in [1.82, 2.24) is 15.0 Å². The van der Waals surface area contributed by atoms with E-state index in [1.165, 1.54) is 10.8 Å². The number of nitrogens with zero attached hydrogens (tertiary/aromatic N) is 3. The van der Waals surface area contributed by atoms with Gasteiger partial charge in [-0.05, 0) is 29.0 Å². The lowest BCUT2D eigenvalue weighted by Gasteiger charge is -1.98. The highest BCUT2D eigenvalue weighted by Gasteiger charge is 1.99. The van der Waals surface area contributed by atoms with Crippen LogP contribution in [0, 0.1) is 0 Å². The molecule has 0 N–H and O–H groups in total. The van der Waals surface area contributed by atoms with Crippen molar-refractivity contribution in [2.45, 2.75) is 5.03 Å². The largest absolute Gasteiger partial charge is 0.248 e. The first kappa shape index (κ1) is 9.48. The van der Waals surface area contributed by atoms with Crippen molar-refractivity contribution in [3.63, 3.8) is 0 Å². The van der Waals surface area contributed by atoms with E-state index in [4.69, 9.17) is 0 Å². The third-order valence-electron chi connectivity index (χ3n) is 1.65. The first-order valence-electron chi connectivity index (χ1n) is 3.95. The molecule has 0 saturated carbocycles. The van der Waals surface area contributed by atoms with Crippen LogP contribution in [0.1, 0.15) is 0 Å². The van der Waals surface area contributed by atoms with Crippen molar-refractivity contribution in [3.05, 3.63) is 36.8 Å². The van der Waals surface area contributed by atoms with E-state index in [2.05, 4.69) is 26.6 Å². The topological polar surface area (TPSA) is 38.7 Å². The van der Waals surface area contributed by atoms with Crippen molar-refractivity contribution in [2.75, 3.05) is 0 Å². The molecule has 3 nitrogen and oxygen atoms in total. The molecule has 2 aromatic heterocycles. The highest BCUT2D eigenvalue weighted by atomic mass is 33.1. The van der Waals surface area contributed by atoms with Crippen LogP contribution >= 0.6 is 22.5 Å². The average molecular weight is 221 g/mol. The van der Waals surface area contributed by atoms with Crippen LogP contribution in [0.3, 0.4) is 0 Å². The van der Waals surface area contributed by atoms with E-state index in [9.17, 15) is 0 Å². The Balaban J connectivity index is 2.34. The molecule has 2 heterocycles. The maximum atomic E-state index is 4.18. The molecule has 2 aromatic rings. The van der Waals surface area contributed by atoms with Crippen molar-refractivity contribution in [1.29, 1.82) is 0 Å². The number of aromatic nitrogens is 3. The van der Waals surface area contributed by atoms with Gasteiger partial charge in [0.1, 0.15) is 5.03 Å². The van der Waals surface area contributed by atoms with Gasteiger partial charge in [-0.1, -0.05) is 0 Å². The lowest BCUT2D eigenvalue weighted by atomic mass is 10.3. The lowest BCUT2D eigenvalue weighted by Crippen LogP contribution is -1.87. The molecule has 0 radical (unpaired) electrons. The second-order valence-electron chi connectivity index (χ2n) is 2.55. The van der Waals surface area contributed by atoms with Gasteiger partial charge in [-0.2, -0.15) is 0 Å². The van der Waals surface area contributed by atoms with E-state index in [1.807, 2.05) is 12.1 Å². The highest BCUT2D eigenvalue weighted by molar-refractivity contribution is 8.68. The van der Waals surface area contributed by atoms with E-state index in [-0.39, 0.29) is 0 Å². The van der Waals surface area contributed by atoms with Gasteiger partial charge < -0.3 is 0 Å². The Morgan fingerprint density at radius 2 is 1.86 bits per heavy atom. The van der Waals surface area contributed by atoms with Crippen LogP contribution < -0.4 is 0 Å². The fraction of sp³-hybridized carbons (Fsp3) is 0. The number of pyridine rings is 1. The monoisotopic (exact) mass is 221 g/mol. The van der Waals surface area contributed by atoms with Crippen molar-refractivity contribution in [3.8, 4) is 11.4 Å². The Bertz CT molecular complexity index is 402. The Kier molecular flexibility index (Phi) is 3.00. The number of rotatable bonds is 2. The first-order valence-corrected chi connectivity index (χ1v) is 5.82. The van der Waals surface area contributed by atoms with Gasteiger partial charge in [0, 0.05) is 24.2 Å². The predicted molar refractivity (Wildman–Crippen MR) is 60.1 cm³/mol. The second-order valence-corrected chi connectivity index (χ2v) is 3.70. The summed E-state index contributed by atoms with van der Waals surface area (Å²) in [4.78, 5) is 12.4. The lowest BCUT2D eigenvalue weighted by molar-refractivity contribution is 1.11. The smallest absolute Gasteiger partial charge is 0.160 e. The van der Waals surface area contributed by atoms with Gasteiger partial charge >= 0.3 is 0 Å². The van der Waals surface area contributed by atoms with E-state index in [1.54, 1.807) is 24.7 Å². The van der Waals surface area contributed by atoms with Crippen LogP contribution in [0.15, 0.2) is 41.8 Å². The third-order valence-corrected chi connectivity index (χ3v) is 2.64.